The lowest BCUT2D eigenvalue weighted by Crippen LogP contribution is -2.40. The van der Waals surface area contributed by atoms with Gasteiger partial charge in [-0.1, -0.05) is 42.5 Å². The number of hydrogen-bond acceptors (Lipinski definition) is 5. The highest BCUT2D eigenvalue weighted by Crippen LogP contribution is 2.19. The maximum Gasteiger partial charge on any atom is 0.243 e. The van der Waals surface area contributed by atoms with Crippen LogP contribution < -0.4 is 5.32 Å². The number of aryl methyl sites for hydroxylation is 1. The van der Waals surface area contributed by atoms with Crippen molar-refractivity contribution in [1.29, 1.82) is 0 Å². The van der Waals surface area contributed by atoms with Crippen LogP contribution in [0.2, 0.25) is 0 Å². The van der Waals surface area contributed by atoms with Crippen LogP contribution in [0.15, 0.2) is 59.5 Å². The monoisotopic (exact) mass is 445 g/mol. The number of carbonyl (C=O) groups is 1. The van der Waals surface area contributed by atoms with Gasteiger partial charge in [-0.2, -0.15) is 4.31 Å². The molecule has 1 saturated heterocycles. The lowest BCUT2D eigenvalue weighted by Gasteiger charge is -2.26. The molecule has 1 N–H and O–H groups in total. The molecule has 7 nitrogen and oxygen atoms in total. The molecule has 1 aliphatic heterocycles. The Morgan fingerprint density at radius 2 is 1.71 bits per heavy atom. The molecule has 1 aliphatic rings. The quantitative estimate of drug-likeness (QED) is 0.639. The van der Waals surface area contributed by atoms with Crippen molar-refractivity contribution in [3.05, 3.63) is 65.7 Å². The highest BCUT2D eigenvalue weighted by molar-refractivity contribution is 7.89. The number of sulfonamides is 1. The van der Waals surface area contributed by atoms with Crippen LogP contribution in [-0.2, 0) is 26.0 Å². The maximum atomic E-state index is 12.7. The number of benzene rings is 2. The summed E-state index contributed by atoms with van der Waals surface area (Å²) in [6, 6.07) is 17.0. The first-order chi connectivity index (χ1) is 14.9. The molecule has 0 aromatic heterocycles. The Bertz CT molecular complexity index is 941. The summed E-state index contributed by atoms with van der Waals surface area (Å²) in [4.78, 5) is 14.7. The molecule has 0 spiro atoms. The SMILES string of the molecule is CN(C)C(CNC(=O)CCc1ccc(S(=O)(=O)N2CCOCC2)cc1)c1ccccc1. The molecule has 0 saturated carbocycles. The summed E-state index contributed by atoms with van der Waals surface area (Å²) in [6.07, 6.45) is 0.909. The largest absolute Gasteiger partial charge is 0.379 e. The molecule has 1 heterocycles. The Balaban J connectivity index is 1.51. The minimum absolute atomic E-state index is 0.0206. The number of carbonyl (C=O) groups excluding carboxylic acids is 1. The third-order valence-corrected chi connectivity index (χ3v) is 7.39. The van der Waals surface area contributed by atoms with E-state index in [1.54, 1.807) is 24.3 Å². The Hall–Kier alpha value is -2.26. The molecule has 1 unspecified atom stereocenters. The van der Waals surface area contributed by atoms with Crippen molar-refractivity contribution in [3.63, 3.8) is 0 Å². The van der Waals surface area contributed by atoms with Crippen molar-refractivity contribution in [1.82, 2.24) is 14.5 Å². The summed E-state index contributed by atoms with van der Waals surface area (Å²) in [7, 11) is 0.499. The number of amides is 1. The van der Waals surface area contributed by atoms with Crippen molar-refractivity contribution >= 4 is 15.9 Å². The lowest BCUT2D eigenvalue weighted by molar-refractivity contribution is -0.121. The van der Waals surface area contributed by atoms with Gasteiger partial charge in [0.05, 0.1) is 24.2 Å². The molecule has 1 fully saturated rings. The van der Waals surface area contributed by atoms with Crippen LogP contribution in [0.5, 0.6) is 0 Å². The van der Waals surface area contributed by atoms with Crippen molar-refractivity contribution in [2.24, 2.45) is 0 Å². The van der Waals surface area contributed by atoms with E-state index < -0.39 is 10.0 Å². The third kappa shape index (κ3) is 6.36. The predicted octanol–water partition coefficient (Wildman–Crippen LogP) is 2.06. The zero-order valence-corrected chi connectivity index (χ0v) is 19.0. The van der Waals surface area contributed by atoms with Crippen molar-refractivity contribution in [3.8, 4) is 0 Å². The van der Waals surface area contributed by atoms with Crippen LogP contribution in [0.1, 0.15) is 23.6 Å². The molecule has 168 valence electrons. The number of ether oxygens (including phenoxy) is 1. The first-order valence-corrected chi connectivity index (χ1v) is 12.0. The van der Waals surface area contributed by atoms with E-state index in [9.17, 15) is 13.2 Å². The molecule has 1 amide bonds. The number of nitrogens with zero attached hydrogens (tertiary/aromatic N) is 2. The van der Waals surface area contributed by atoms with Gasteiger partial charge >= 0.3 is 0 Å². The smallest absolute Gasteiger partial charge is 0.243 e. The van der Waals surface area contributed by atoms with Crippen molar-refractivity contribution < 1.29 is 17.9 Å². The van der Waals surface area contributed by atoms with Gasteiger partial charge in [0.25, 0.3) is 0 Å². The number of rotatable bonds is 9. The van der Waals surface area contributed by atoms with E-state index in [-0.39, 0.29) is 16.8 Å². The van der Waals surface area contributed by atoms with E-state index >= 15 is 0 Å². The fourth-order valence-corrected chi connectivity index (χ4v) is 5.00. The van der Waals surface area contributed by atoms with E-state index in [0.717, 1.165) is 11.1 Å². The molecule has 0 bridgehead atoms. The number of likely N-dealkylation sites (N-methyl/N-ethyl adjacent to an activating group) is 1. The summed E-state index contributed by atoms with van der Waals surface area (Å²) >= 11 is 0. The summed E-state index contributed by atoms with van der Waals surface area (Å²) in [5.74, 6) is -0.0206. The van der Waals surface area contributed by atoms with E-state index in [0.29, 0.717) is 45.7 Å². The maximum absolute atomic E-state index is 12.7. The molecule has 8 heteroatoms. The topological polar surface area (TPSA) is 79.0 Å². The first-order valence-electron chi connectivity index (χ1n) is 10.5. The van der Waals surface area contributed by atoms with Crippen molar-refractivity contribution in [2.45, 2.75) is 23.8 Å². The van der Waals surface area contributed by atoms with Crippen LogP contribution in [0.4, 0.5) is 0 Å². The Morgan fingerprint density at radius 3 is 2.32 bits per heavy atom. The molecule has 2 aromatic carbocycles. The van der Waals surface area contributed by atoms with Gasteiger partial charge in [-0.15, -0.1) is 0 Å². The van der Waals surface area contributed by atoms with Crippen LogP contribution in [0.3, 0.4) is 0 Å². The fourth-order valence-electron chi connectivity index (χ4n) is 3.59. The van der Waals surface area contributed by atoms with Gasteiger partial charge < -0.3 is 15.0 Å². The molecule has 2 aromatic rings. The lowest BCUT2D eigenvalue weighted by atomic mass is 10.1. The van der Waals surface area contributed by atoms with Gasteiger partial charge in [0.1, 0.15) is 0 Å². The van der Waals surface area contributed by atoms with Gasteiger partial charge in [0, 0.05) is 26.1 Å². The summed E-state index contributed by atoms with van der Waals surface area (Å²) in [5.41, 5.74) is 2.09. The van der Waals surface area contributed by atoms with E-state index in [1.807, 2.05) is 32.3 Å². The van der Waals surface area contributed by atoms with Crippen LogP contribution in [-0.4, -0.2) is 70.5 Å². The van der Waals surface area contributed by atoms with E-state index in [4.69, 9.17) is 4.74 Å². The second-order valence-corrected chi connectivity index (χ2v) is 9.79. The van der Waals surface area contributed by atoms with E-state index in [1.165, 1.54) is 4.31 Å². The number of morpholine rings is 1. The van der Waals surface area contributed by atoms with Gasteiger partial charge in [-0.3, -0.25) is 4.79 Å². The Labute approximate surface area is 185 Å². The van der Waals surface area contributed by atoms with Gasteiger partial charge in [-0.25, -0.2) is 8.42 Å². The highest BCUT2D eigenvalue weighted by Gasteiger charge is 2.26. The van der Waals surface area contributed by atoms with Crippen LogP contribution >= 0.6 is 0 Å². The molecular weight excluding hydrogens is 414 g/mol. The highest BCUT2D eigenvalue weighted by atomic mass is 32.2. The van der Waals surface area contributed by atoms with E-state index in [2.05, 4.69) is 22.3 Å². The minimum atomic E-state index is -3.49. The Kier molecular flexibility index (Phi) is 8.20. The standard InChI is InChI=1S/C23H31N3O4S/c1-25(2)22(20-6-4-3-5-7-20)18-24-23(27)13-10-19-8-11-21(12-9-19)31(28,29)26-14-16-30-17-15-26/h3-9,11-12,22H,10,13-18H2,1-2H3,(H,24,27). The average Bonchev–Trinajstić information content (AvgIpc) is 2.79. The average molecular weight is 446 g/mol. The van der Waals surface area contributed by atoms with Gasteiger partial charge in [0.2, 0.25) is 15.9 Å². The van der Waals surface area contributed by atoms with Gasteiger partial charge in [-0.05, 0) is 43.8 Å². The van der Waals surface area contributed by atoms with Crippen LogP contribution in [0.25, 0.3) is 0 Å². The number of nitrogens with one attached hydrogen (secondary N) is 1. The molecule has 0 aliphatic carbocycles. The zero-order chi connectivity index (χ0) is 22.3. The number of hydrogen-bond donors (Lipinski definition) is 1. The van der Waals surface area contributed by atoms with Crippen molar-refractivity contribution in [2.75, 3.05) is 46.9 Å². The fraction of sp³-hybridized carbons (Fsp3) is 0.435. The normalized spacial score (nSPS) is 16.2. The van der Waals surface area contributed by atoms with Crippen LogP contribution in [0, 0.1) is 0 Å². The molecule has 3 rings (SSSR count). The molecule has 0 radical (unpaired) electrons. The predicted molar refractivity (Wildman–Crippen MR) is 120 cm³/mol. The van der Waals surface area contributed by atoms with Gasteiger partial charge in [0.15, 0.2) is 0 Å². The second-order valence-electron chi connectivity index (χ2n) is 7.85. The Morgan fingerprint density at radius 1 is 1.06 bits per heavy atom. The third-order valence-electron chi connectivity index (χ3n) is 5.47. The first kappa shape index (κ1) is 23.4. The summed E-state index contributed by atoms with van der Waals surface area (Å²) < 4.78 is 32.1. The molecule has 31 heavy (non-hydrogen) atoms. The summed E-state index contributed by atoms with van der Waals surface area (Å²) in [5, 5.41) is 3.02. The molecule has 1 atom stereocenters. The second kappa shape index (κ2) is 10.9. The molecular formula is C23H31N3O4S. The zero-order valence-electron chi connectivity index (χ0n) is 18.2. The summed E-state index contributed by atoms with van der Waals surface area (Å²) in [6.45, 7) is 2.13. The minimum Gasteiger partial charge on any atom is -0.379 e.